The highest BCUT2D eigenvalue weighted by molar-refractivity contribution is 7.90. The summed E-state index contributed by atoms with van der Waals surface area (Å²) in [4.78, 5) is 26.4. The van der Waals surface area contributed by atoms with Gasteiger partial charge in [-0.2, -0.15) is 13.7 Å². The Morgan fingerprint density at radius 3 is 2.81 bits per heavy atom. The molecule has 166 valence electrons. The molecule has 32 heavy (non-hydrogen) atoms. The first kappa shape index (κ1) is 21.5. The van der Waals surface area contributed by atoms with Crippen LogP contribution in [0.25, 0.3) is 10.9 Å². The third kappa shape index (κ3) is 3.94. The fourth-order valence-corrected chi connectivity index (χ4v) is 4.19. The van der Waals surface area contributed by atoms with E-state index in [1.165, 1.54) is 31.6 Å². The minimum absolute atomic E-state index is 0.0311. The fourth-order valence-electron chi connectivity index (χ4n) is 3.05. The van der Waals surface area contributed by atoms with E-state index in [1.54, 1.807) is 6.07 Å². The molecule has 0 atom stereocenters. The quantitative estimate of drug-likeness (QED) is 0.584. The lowest BCUT2D eigenvalue weighted by atomic mass is 10.1. The van der Waals surface area contributed by atoms with E-state index >= 15 is 0 Å². The molecule has 1 aromatic heterocycles. The van der Waals surface area contributed by atoms with Crippen molar-refractivity contribution >= 4 is 26.8 Å². The number of nitrogens with one attached hydrogen (secondary N) is 1. The summed E-state index contributed by atoms with van der Waals surface area (Å²) in [6, 6.07) is 8.05. The molecule has 11 nitrogen and oxygen atoms in total. The van der Waals surface area contributed by atoms with Crippen LogP contribution in [0.15, 0.2) is 41.5 Å². The SMILES string of the molecule is COn1cnc2ccc(Oc3c(F)ccc(NS(=O)(=O)N4CCCO4)c3C#N)cc2c1=O. The van der Waals surface area contributed by atoms with Crippen LogP contribution in [0, 0.1) is 17.1 Å². The number of hydroxylamine groups is 1. The first-order chi connectivity index (χ1) is 15.3. The Hall–Kier alpha value is -3.73. The number of aromatic nitrogens is 2. The topological polar surface area (TPSA) is 136 Å². The van der Waals surface area contributed by atoms with Gasteiger partial charge in [0.1, 0.15) is 30.8 Å². The minimum atomic E-state index is -4.12. The summed E-state index contributed by atoms with van der Waals surface area (Å²) >= 11 is 0. The van der Waals surface area contributed by atoms with E-state index in [4.69, 9.17) is 14.4 Å². The molecule has 0 bridgehead atoms. The standard InChI is InChI=1S/C19H16FN5O6S/c1-29-24-11-22-16-5-3-12(9-13(16)19(24)26)31-18-14(10-21)17(6-4-15(18)20)23-32(27,28)25-7-2-8-30-25/h3-6,9,11,23H,2,7-8H2,1H3. The summed E-state index contributed by atoms with van der Waals surface area (Å²) in [6.45, 7) is 0.386. The van der Waals surface area contributed by atoms with Crippen LogP contribution in [-0.2, 0) is 15.0 Å². The molecular formula is C19H16FN5O6S. The Bertz CT molecular complexity index is 1400. The van der Waals surface area contributed by atoms with Gasteiger partial charge in [-0.3, -0.25) is 14.4 Å². The van der Waals surface area contributed by atoms with E-state index < -0.39 is 27.3 Å². The van der Waals surface area contributed by atoms with Gasteiger partial charge >= 0.3 is 10.2 Å². The Morgan fingerprint density at radius 1 is 1.31 bits per heavy atom. The molecule has 1 fully saturated rings. The summed E-state index contributed by atoms with van der Waals surface area (Å²) in [6.07, 6.45) is 1.73. The van der Waals surface area contributed by atoms with Gasteiger partial charge in [-0.1, -0.05) is 4.47 Å². The molecule has 1 N–H and O–H groups in total. The largest absolute Gasteiger partial charge is 0.453 e. The number of hydrogen-bond acceptors (Lipinski definition) is 8. The Morgan fingerprint density at radius 2 is 2.12 bits per heavy atom. The molecule has 1 aliphatic heterocycles. The van der Waals surface area contributed by atoms with Gasteiger partial charge < -0.3 is 9.57 Å². The summed E-state index contributed by atoms with van der Waals surface area (Å²) in [7, 11) is -2.83. The second-order valence-corrected chi connectivity index (χ2v) is 8.13. The average molecular weight is 461 g/mol. The lowest BCUT2D eigenvalue weighted by Gasteiger charge is -2.17. The number of hydrogen-bond donors (Lipinski definition) is 1. The Labute approximate surface area is 181 Å². The maximum Gasteiger partial charge on any atom is 0.323 e. The van der Waals surface area contributed by atoms with Crippen molar-refractivity contribution in [2.75, 3.05) is 25.0 Å². The zero-order valence-electron chi connectivity index (χ0n) is 16.6. The fraction of sp³-hybridized carbons (Fsp3) is 0.211. The van der Waals surface area contributed by atoms with Gasteiger partial charge in [-0.15, -0.1) is 4.73 Å². The van der Waals surface area contributed by atoms with Crippen LogP contribution >= 0.6 is 0 Å². The molecule has 0 spiro atoms. The first-order valence-corrected chi connectivity index (χ1v) is 10.7. The second kappa shape index (κ2) is 8.42. The van der Waals surface area contributed by atoms with Gasteiger partial charge in [-0.05, 0) is 36.8 Å². The predicted octanol–water partition coefficient (Wildman–Crippen LogP) is 1.55. The van der Waals surface area contributed by atoms with Crippen LogP contribution in [0.1, 0.15) is 12.0 Å². The number of halogens is 1. The predicted molar refractivity (Wildman–Crippen MR) is 110 cm³/mol. The van der Waals surface area contributed by atoms with Crippen LogP contribution in [0.5, 0.6) is 11.5 Å². The third-order valence-corrected chi connectivity index (χ3v) is 5.87. The molecule has 2 aromatic carbocycles. The molecule has 2 heterocycles. The van der Waals surface area contributed by atoms with E-state index in [2.05, 4.69) is 9.71 Å². The molecule has 0 saturated carbocycles. The molecule has 13 heteroatoms. The highest BCUT2D eigenvalue weighted by Crippen LogP contribution is 2.34. The van der Waals surface area contributed by atoms with E-state index in [0.717, 1.165) is 21.3 Å². The lowest BCUT2D eigenvalue weighted by molar-refractivity contribution is -0.0277. The monoisotopic (exact) mass is 461 g/mol. The number of rotatable bonds is 6. The van der Waals surface area contributed by atoms with Crippen molar-refractivity contribution in [1.82, 2.24) is 14.2 Å². The Kier molecular flexibility index (Phi) is 5.66. The lowest BCUT2D eigenvalue weighted by Crippen LogP contribution is -2.32. The number of benzene rings is 2. The van der Waals surface area contributed by atoms with Gasteiger partial charge in [-0.25, -0.2) is 9.37 Å². The van der Waals surface area contributed by atoms with E-state index in [1.807, 2.05) is 0 Å². The van der Waals surface area contributed by atoms with Crippen molar-refractivity contribution in [3.63, 3.8) is 0 Å². The summed E-state index contributed by atoms with van der Waals surface area (Å²) < 4.78 is 48.9. The van der Waals surface area contributed by atoms with Crippen molar-refractivity contribution in [2.45, 2.75) is 6.42 Å². The van der Waals surface area contributed by atoms with Crippen LogP contribution < -0.4 is 19.9 Å². The first-order valence-electron chi connectivity index (χ1n) is 9.24. The van der Waals surface area contributed by atoms with Crippen LogP contribution in [0.4, 0.5) is 10.1 Å². The summed E-state index contributed by atoms with van der Waals surface area (Å²) in [5, 5.41) is 9.73. The van der Waals surface area contributed by atoms with Gasteiger partial charge in [0.15, 0.2) is 11.6 Å². The van der Waals surface area contributed by atoms with Crippen molar-refractivity contribution in [2.24, 2.45) is 0 Å². The van der Waals surface area contributed by atoms with Gasteiger partial charge in [0.05, 0.1) is 23.2 Å². The normalized spacial score (nSPS) is 14.3. The molecule has 0 radical (unpaired) electrons. The highest BCUT2D eigenvalue weighted by atomic mass is 32.2. The van der Waals surface area contributed by atoms with E-state index in [9.17, 15) is 22.9 Å². The molecule has 0 unspecified atom stereocenters. The second-order valence-electron chi connectivity index (χ2n) is 6.57. The molecule has 3 aromatic rings. The molecule has 1 saturated heterocycles. The zero-order valence-corrected chi connectivity index (χ0v) is 17.4. The van der Waals surface area contributed by atoms with Crippen molar-refractivity contribution in [1.29, 1.82) is 5.26 Å². The molecule has 0 amide bonds. The zero-order chi connectivity index (χ0) is 22.9. The number of nitriles is 1. The minimum Gasteiger partial charge on any atom is -0.453 e. The molecule has 0 aliphatic carbocycles. The van der Waals surface area contributed by atoms with Crippen LogP contribution in [0.3, 0.4) is 0 Å². The van der Waals surface area contributed by atoms with Gasteiger partial charge in [0.25, 0.3) is 5.56 Å². The van der Waals surface area contributed by atoms with E-state index in [0.29, 0.717) is 11.9 Å². The average Bonchev–Trinajstić information content (AvgIpc) is 3.33. The van der Waals surface area contributed by atoms with Crippen LogP contribution in [0.2, 0.25) is 0 Å². The maximum atomic E-state index is 14.6. The van der Waals surface area contributed by atoms with Crippen LogP contribution in [-0.4, -0.2) is 42.9 Å². The summed E-state index contributed by atoms with van der Waals surface area (Å²) in [5.41, 5.74) is -0.739. The smallest absolute Gasteiger partial charge is 0.323 e. The number of anilines is 1. The number of fused-ring (bicyclic) bond motifs is 1. The van der Waals surface area contributed by atoms with Crippen molar-refractivity contribution in [3.05, 3.63) is 58.4 Å². The molecular weight excluding hydrogens is 445 g/mol. The maximum absolute atomic E-state index is 14.6. The Balaban J connectivity index is 1.73. The van der Waals surface area contributed by atoms with Crippen molar-refractivity contribution in [3.8, 4) is 17.6 Å². The van der Waals surface area contributed by atoms with Gasteiger partial charge in [0.2, 0.25) is 0 Å². The third-order valence-electron chi connectivity index (χ3n) is 4.57. The van der Waals surface area contributed by atoms with Gasteiger partial charge in [0, 0.05) is 6.54 Å². The number of ether oxygens (including phenoxy) is 1. The van der Waals surface area contributed by atoms with Crippen molar-refractivity contribution < 1.29 is 27.2 Å². The highest BCUT2D eigenvalue weighted by Gasteiger charge is 2.28. The molecule has 4 rings (SSSR count). The number of nitrogens with zero attached hydrogens (tertiary/aromatic N) is 4. The molecule has 1 aliphatic rings. The summed E-state index contributed by atoms with van der Waals surface area (Å²) in [5.74, 6) is -1.38. The van der Waals surface area contributed by atoms with E-state index in [-0.39, 0.29) is 35.5 Å².